The first-order valence-corrected chi connectivity index (χ1v) is 16.6. The van der Waals surface area contributed by atoms with Crippen LogP contribution in [0.3, 0.4) is 0 Å². The molecule has 0 saturated carbocycles. The van der Waals surface area contributed by atoms with Crippen LogP contribution in [0.1, 0.15) is 51.5 Å². The molecule has 234 valence electrons. The highest BCUT2D eigenvalue weighted by atomic mass is 28.4. The Kier molecular flexibility index (Phi) is 12.6. The van der Waals surface area contributed by atoms with E-state index in [1.165, 1.54) is 5.56 Å². The zero-order valence-corrected chi connectivity index (χ0v) is 27.8. The molecule has 0 amide bonds. The molecule has 3 aromatic carbocycles. The molecule has 8 nitrogen and oxygen atoms in total. The summed E-state index contributed by atoms with van der Waals surface area (Å²) in [6.45, 7) is 6.37. The van der Waals surface area contributed by atoms with Gasteiger partial charge in [0.2, 0.25) is 0 Å². The van der Waals surface area contributed by atoms with Crippen LogP contribution in [0.4, 0.5) is 17.1 Å². The number of esters is 1. The zero-order valence-electron chi connectivity index (χ0n) is 26.8. The third-order valence-electron chi connectivity index (χ3n) is 7.88. The van der Waals surface area contributed by atoms with Gasteiger partial charge < -0.3 is 32.4 Å². The van der Waals surface area contributed by atoms with E-state index in [0.29, 0.717) is 25.5 Å². The van der Waals surface area contributed by atoms with Gasteiger partial charge in [-0.1, -0.05) is 19.1 Å². The van der Waals surface area contributed by atoms with Gasteiger partial charge in [0.15, 0.2) is 0 Å². The molecule has 43 heavy (non-hydrogen) atoms. The number of hydrogen-bond acceptors (Lipinski definition) is 8. The smallest absolute Gasteiger partial charge is 0.497 e. The largest absolute Gasteiger partial charge is 0.500 e. The highest BCUT2D eigenvalue weighted by Gasteiger charge is 2.37. The molecule has 9 heteroatoms. The average molecular weight is 610 g/mol. The Balaban J connectivity index is 1.74. The number of benzene rings is 3. The molecule has 0 heterocycles. The summed E-state index contributed by atoms with van der Waals surface area (Å²) in [5.74, 6) is 1.60. The summed E-state index contributed by atoms with van der Waals surface area (Å²) in [7, 11) is 5.40. The molecule has 0 aliphatic rings. The van der Waals surface area contributed by atoms with Gasteiger partial charge in [0.05, 0.1) is 26.2 Å². The van der Waals surface area contributed by atoms with Crippen LogP contribution >= 0.6 is 0 Å². The fourth-order valence-electron chi connectivity index (χ4n) is 5.21. The molecule has 0 saturated heterocycles. The van der Waals surface area contributed by atoms with Crippen molar-refractivity contribution in [2.24, 2.45) is 5.41 Å². The summed E-state index contributed by atoms with van der Waals surface area (Å²) in [6.07, 6.45) is 2.19. The second-order valence-corrected chi connectivity index (χ2v) is 14.1. The molecule has 0 aromatic heterocycles. The van der Waals surface area contributed by atoms with Crippen LogP contribution in [0.5, 0.6) is 11.5 Å². The Morgan fingerprint density at radius 1 is 0.744 bits per heavy atom. The molecular weight excluding hydrogens is 562 g/mol. The molecule has 1 atom stereocenters. The van der Waals surface area contributed by atoms with Crippen LogP contribution in [0, 0.1) is 5.41 Å². The minimum atomic E-state index is -2.68. The molecule has 1 unspecified atom stereocenters. The fraction of sp³-hybridized carbons (Fsp3) is 0.441. The van der Waals surface area contributed by atoms with E-state index in [4.69, 9.17) is 27.5 Å². The first-order chi connectivity index (χ1) is 20.6. The average Bonchev–Trinajstić information content (AvgIpc) is 3.05. The third kappa shape index (κ3) is 8.83. The van der Waals surface area contributed by atoms with E-state index in [0.717, 1.165) is 35.0 Å². The van der Waals surface area contributed by atoms with Crippen molar-refractivity contribution in [2.45, 2.75) is 52.0 Å². The van der Waals surface area contributed by atoms with E-state index < -0.39 is 14.2 Å². The van der Waals surface area contributed by atoms with E-state index in [2.05, 4.69) is 36.1 Å². The number of anilines is 3. The van der Waals surface area contributed by atoms with Crippen molar-refractivity contribution in [1.82, 2.24) is 0 Å². The predicted octanol–water partition coefficient (Wildman–Crippen LogP) is 7.89. The number of carbonyl (C=O) groups is 1. The maximum atomic E-state index is 13.1. The number of rotatable bonds is 17. The minimum Gasteiger partial charge on any atom is -0.497 e. The quantitative estimate of drug-likeness (QED) is 0.0869. The van der Waals surface area contributed by atoms with E-state index >= 15 is 0 Å². The van der Waals surface area contributed by atoms with Gasteiger partial charge in [0.25, 0.3) is 0 Å². The van der Waals surface area contributed by atoms with Crippen LogP contribution < -0.4 is 14.4 Å². The Bertz CT molecular complexity index is 1200. The first kappa shape index (κ1) is 34.1. The summed E-state index contributed by atoms with van der Waals surface area (Å²) >= 11 is 0. The summed E-state index contributed by atoms with van der Waals surface area (Å²) in [5.41, 5.74) is 3.59. The van der Waals surface area contributed by atoms with Crippen LogP contribution in [0.2, 0.25) is 6.04 Å². The second-order valence-electron chi connectivity index (χ2n) is 11.1. The van der Waals surface area contributed by atoms with Gasteiger partial charge in [0, 0.05) is 44.4 Å². The lowest BCUT2D eigenvalue weighted by Gasteiger charge is -2.29. The molecule has 0 radical (unpaired) electrons. The standard InChI is InChI=1S/C34H47NO7Si/c1-9-26(25-34(2,3)33(36)42-23-10-24-43(39-6,40-7)41-8)27-11-13-28(14-12-27)35(29-15-19-31(37-4)20-16-29)30-17-21-32(38-5)22-18-30/h11-22,26H,9-10,23-25H2,1-8H3. The van der Waals surface area contributed by atoms with Gasteiger partial charge in [-0.2, -0.15) is 0 Å². The monoisotopic (exact) mass is 609 g/mol. The molecule has 0 bridgehead atoms. The van der Waals surface area contributed by atoms with E-state index in [9.17, 15) is 4.79 Å². The lowest BCUT2D eigenvalue weighted by atomic mass is 9.79. The summed E-state index contributed by atoms with van der Waals surface area (Å²) < 4.78 is 32.8. The molecule has 0 fully saturated rings. The van der Waals surface area contributed by atoms with Gasteiger partial charge in [0.1, 0.15) is 11.5 Å². The molecule has 0 aliphatic carbocycles. The zero-order chi connectivity index (χ0) is 31.5. The maximum Gasteiger partial charge on any atom is 0.500 e. The number of methoxy groups -OCH3 is 2. The van der Waals surface area contributed by atoms with Crippen molar-refractivity contribution >= 4 is 31.8 Å². The van der Waals surface area contributed by atoms with Crippen LogP contribution in [0.15, 0.2) is 72.8 Å². The van der Waals surface area contributed by atoms with E-state index in [1.54, 1.807) is 35.5 Å². The molecule has 0 spiro atoms. The number of nitrogens with zero attached hydrogens (tertiary/aromatic N) is 1. The van der Waals surface area contributed by atoms with Crippen molar-refractivity contribution in [1.29, 1.82) is 0 Å². The lowest BCUT2D eigenvalue weighted by Crippen LogP contribution is -2.42. The van der Waals surface area contributed by atoms with Crippen LogP contribution in [0.25, 0.3) is 0 Å². The van der Waals surface area contributed by atoms with Crippen molar-refractivity contribution in [2.75, 3.05) is 47.1 Å². The van der Waals surface area contributed by atoms with Gasteiger partial charge in [-0.05, 0) is 105 Å². The van der Waals surface area contributed by atoms with Gasteiger partial charge in [-0.25, -0.2) is 0 Å². The Labute approximate surface area is 258 Å². The maximum absolute atomic E-state index is 13.1. The Hall–Kier alpha value is -3.37. The first-order valence-electron chi connectivity index (χ1n) is 14.7. The molecular formula is C34H47NO7Si. The third-order valence-corrected chi connectivity index (χ3v) is 10.7. The fourth-order valence-corrected chi connectivity index (χ4v) is 6.90. The molecule has 0 aliphatic heterocycles. The second kappa shape index (κ2) is 15.9. The molecule has 3 aromatic rings. The number of ether oxygens (including phenoxy) is 3. The lowest BCUT2D eigenvalue weighted by molar-refractivity contribution is -0.154. The van der Waals surface area contributed by atoms with Gasteiger partial charge >= 0.3 is 14.8 Å². The van der Waals surface area contributed by atoms with Crippen LogP contribution in [-0.4, -0.2) is 56.9 Å². The van der Waals surface area contributed by atoms with Crippen molar-refractivity contribution in [3.8, 4) is 11.5 Å². The number of hydrogen-bond donors (Lipinski definition) is 0. The highest BCUT2D eigenvalue weighted by Crippen LogP contribution is 2.39. The van der Waals surface area contributed by atoms with Crippen LogP contribution in [-0.2, 0) is 22.8 Å². The van der Waals surface area contributed by atoms with E-state index in [-0.39, 0.29) is 11.9 Å². The van der Waals surface area contributed by atoms with Crippen molar-refractivity contribution in [3.05, 3.63) is 78.4 Å². The number of carbonyl (C=O) groups excluding carboxylic acids is 1. The summed E-state index contributed by atoms with van der Waals surface area (Å²) in [6, 6.07) is 25.2. The molecule has 3 rings (SSSR count). The van der Waals surface area contributed by atoms with Crippen molar-refractivity contribution in [3.63, 3.8) is 0 Å². The summed E-state index contributed by atoms with van der Waals surface area (Å²) in [4.78, 5) is 15.3. The minimum absolute atomic E-state index is 0.197. The van der Waals surface area contributed by atoms with Crippen molar-refractivity contribution < 1.29 is 32.3 Å². The SMILES string of the molecule is CCC(CC(C)(C)C(=O)OCCC[Si](OC)(OC)OC)c1ccc(N(c2ccc(OC)cc2)c2ccc(OC)cc2)cc1. The Morgan fingerprint density at radius 2 is 1.19 bits per heavy atom. The summed E-state index contributed by atoms with van der Waals surface area (Å²) in [5, 5.41) is 0. The predicted molar refractivity (Wildman–Crippen MR) is 173 cm³/mol. The highest BCUT2D eigenvalue weighted by molar-refractivity contribution is 6.60. The van der Waals surface area contributed by atoms with Gasteiger partial charge in [-0.3, -0.25) is 4.79 Å². The normalized spacial score (nSPS) is 12.5. The van der Waals surface area contributed by atoms with E-state index in [1.807, 2.05) is 62.4 Å². The topological polar surface area (TPSA) is 75.7 Å². The van der Waals surface area contributed by atoms with Gasteiger partial charge in [-0.15, -0.1) is 0 Å². The molecule has 0 N–H and O–H groups in total. The Morgan fingerprint density at radius 3 is 1.58 bits per heavy atom.